The highest BCUT2D eigenvalue weighted by atomic mass is 35.5. The van der Waals surface area contributed by atoms with Gasteiger partial charge < -0.3 is 14.8 Å². The van der Waals surface area contributed by atoms with E-state index >= 15 is 0 Å². The number of fused-ring (bicyclic) bond motifs is 1. The molecule has 4 nitrogen and oxygen atoms in total. The third-order valence-corrected chi connectivity index (χ3v) is 3.84. The molecule has 0 unspecified atom stereocenters. The van der Waals surface area contributed by atoms with E-state index in [1.54, 1.807) is 0 Å². The largest absolute Gasteiger partial charge is 0.351 e. The summed E-state index contributed by atoms with van der Waals surface area (Å²) >= 11 is 5.96. The Labute approximate surface area is 129 Å². The van der Waals surface area contributed by atoms with Crippen molar-refractivity contribution >= 4 is 40.8 Å². The molecule has 0 aliphatic carbocycles. The molecule has 1 fully saturated rings. The molecule has 0 saturated carbocycles. The van der Waals surface area contributed by atoms with Crippen LogP contribution in [0.4, 0.5) is 0 Å². The molecule has 1 N–H and O–H groups in total. The van der Waals surface area contributed by atoms with Gasteiger partial charge in [-0.1, -0.05) is 11.6 Å². The molecule has 1 aliphatic rings. The lowest BCUT2D eigenvalue weighted by atomic mass is 10.2. The Kier molecular flexibility index (Phi) is 4.58. The lowest BCUT2D eigenvalue weighted by Crippen LogP contribution is -2.47. The van der Waals surface area contributed by atoms with Gasteiger partial charge in [0.25, 0.3) is 5.91 Å². The monoisotopic (exact) mass is 313 g/mol. The van der Waals surface area contributed by atoms with Crippen LogP contribution in [-0.2, 0) is 0 Å². The normalized spacial score (nSPS) is 16.2. The smallest absolute Gasteiger partial charge is 0.270 e. The summed E-state index contributed by atoms with van der Waals surface area (Å²) in [7, 11) is 2.08. The number of halogens is 2. The van der Waals surface area contributed by atoms with Gasteiger partial charge in [-0.15, -0.1) is 12.4 Å². The summed E-state index contributed by atoms with van der Waals surface area (Å²) in [6, 6.07) is 7.47. The Morgan fingerprint density at radius 1 is 1.20 bits per heavy atom. The van der Waals surface area contributed by atoms with Crippen LogP contribution in [0.5, 0.6) is 0 Å². The van der Waals surface area contributed by atoms with E-state index in [9.17, 15) is 4.79 Å². The number of likely N-dealkylation sites (N-methyl/N-ethyl adjacent to an activating group) is 1. The summed E-state index contributed by atoms with van der Waals surface area (Å²) in [6.45, 7) is 3.42. The van der Waals surface area contributed by atoms with Gasteiger partial charge in [-0.2, -0.15) is 0 Å². The molecule has 0 atom stereocenters. The highest BCUT2D eigenvalue weighted by molar-refractivity contribution is 6.31. The van der Waals surface area contributed by atoms with Gasteiger partial charge in [-0.25, -0.2) is 0 Å². The number of aromatic amines is 1. The second-order valence-corrected chi connectivity index (χ2v) is 5.45. The fourth-order valence-corrected chi connectivity index (χ4v) is 2.58. The summed E-state index contributed by atoms with van der Waals surface area (Å²) in [4.78, 5) is 19.7. The van der Waals surface area contributed by atoms with E-state index in [2.05, 4.69) is 16.9 Å². The van der Waals surface area contributed by atoms with Crippen molar-refractivity contribution in [3.63, 3.8) is 0 Å². The van der Waals surface area contributed by atoms with Crippen molar-refractivity contribution in [2.75, 3.05) is 33.2 Å². The quantitative estimate of drug-likeness (QED) is 0.879. The number of nitrogens with zero attached hydrogens (tertiary/aromatic N) is 2. The standard InChI is InChI=1S/C14H16ClN3O.ClH/c1-17-4-6-18(7-5-17)14(19)13-9-10-8-11(15)2-3-12(10)16-13;/h2-3,8-9,16H,4-7H2,1H3;1H. The van der Waals surface area contributed by atoms with Gasteiger partial charge in [0.15, 0.2) is 0 Å². The molecule has 3 rings (SSSR count). The number of benzene rings is 1. The van der Waals surface area contributed by atoms with Crippen LogP contribution in [0.3, 0.4) is 0 Å². The van der Waals surface area contributed by atoms with Gasteiger partial charge in [0, 0.05) is 42.1 Å². The average Bonchev–Trinajstić information content (AvgIpc) is 2.81. The number of amides is 1. The summed E-state index contributed by atoms with van der Waals surface area (Å²) in [5.41, 5.74) is 1.59. The summed E-state index contributed by atoms with van der Waals surface area (Å²) in [5, 5.41) is 1.66. The first-order valence-electron chi connectivity index (χ1n) is 6.39. The topological polar surface area (TPSA) is 39.3 Å². The summed E-state index contributed by atoms with van der Waals surface area (Å²) in [6.07, 6.45) is 0. The van der Waals surface area contributed by atoms with Crippen LogP contribution in [0.15, 0.2) is 24.3 Å². The lowest BCUT2D eigenvalue weighted by molar-refractivity contribution is 0.0659. The molecular weight excluding hydrogens is 297 g/mol. The van der Waals surface area contributed by atoms with E-state index in [1.165, 1.54) is 0 Å². The molecular formula is C14H17Cl2N3O. The Morgan fingerprint density at radius 2 is 1.90 bits per heavy atom. The lowest BCUT2D eigenvalue weighted by Gasteiger charge is -2.32. The predicted molar refractivity (Wildman–Crippen MR) is 84.0 cm³/mol. The minimum absolute atomic E-state index is 0. The van der Waals surface area contributed by atoms with Gasteiger partial charge in [0.05, 0.1) is 0 Å². The molecule has 0 bridgehead atoms. The number of carbonyl (C=O) groups is 1. The number of hydrogen-bond acceptors (Lipinski definition) is 2. The summed E-state index contributed by atoms with van der Waals surface area (Å²) < 4.78 is 0. The van der Waals surface area contributed by atoms with Crippen LogP contribution < -0.4 is 0 Å². The van der Waals surface area contributed by atoms with Crippen molar-refractivity contribution in [3.8, 4) is 0 Å². The van der Waals surface area contributed by atoms with Crippen LogP contribution in [0.2, 0.25) is 5.02 Å². The second kappa shape index (κ2) is 6.04. The zero-order valence-electron chi connectivity index (χ0n) is 11.2. The Hall–Kier alpha value is -1.23. The minimum Gasteiger partial charge on any atom is -0.351 e. The fraction of sp³-hybridized carbons (Fsp3) is 0.357. The van der Waals surface area contributed by atoms with Crippen molar-refractivity contribution in [2.24, 2.45) is 0 Å². The second-order valence-electron chi connectivity index (χ2n) is 5.01. The number of aromatic nitrogens is 1. The number of rotatable bonds is 1. The average molecular weight is 314 g/mol. The van der Waals surface area contributed by atoms with E-state index < -0.39 is 0 Å². The molecule has 0 spiro atoms. The maximum Gasteiger partial charge on any atom is 0.270 e. The third-order valence-electron chi connectivity index (χ3n) is 3.60. The molecule has 1 amide bonds. The van der Waals surface area contributed by atoms with Gasteiger partial charge in [0.1, 0.15) is 5.69 Å². The zero-order valence-corrected chi connectivity index (χ0v) is 12.8. The molecule has 6 heteroatoms. The van der Waals surface area contributed by atoms with E-state index in [4.69, 9.17) is 11.6 Å². The highest BCUT2D eigenvalue weighted by Crippen LogP contribution is 2.21. The van der Waals surface area contributed by atoms with Gasteiger partial charge >= 0.3 is 0 Å². The third kappa shape index (κ3) is 2.92. The molecule has 1 aromatic heterocycles. The van der Waals surface area contributed by atoms with Crippen LogP contribution in [0.1, 0.15) is 10.5 Å². The number of hydrogen-bond donors (Lipinski definition) is 1. The summed E-state index contributed by atoms with van der Waals surface area (Å²) in [5.74, 6) is 0.0698. The van der Waals surface area contributed by atoms with Gasteiger partial charge in [-0.3, -0.25) is 4.79 Å². The molecule has 0 radical (unpaired) electrons. The first-order valence-corrected chi connectivity index (χ1v) is 6.77. The molecule has 1 aromatic carbocycles. The molecule has 20 heavy (non-hydrogen) atoms. The molecule has 2 heterocycles. The molecule has 2 aromatic rings. The van der Waals surface area contributed by atoms with Crippen molar-refractivity contribution in [3.05, 3.63) is 35.0 Å². The number of piperazine rings is 1. The first kappa shape index (κ1) is 15.2. The number of H-pyrrole nitrogens is 1. The maximum absolute atomic E-state index is 12.4. The van der Waals surface area contributed by atoms with E-state index in [0.29, 0.717) is 10.7 Å². The van der Waals surface area contributed by atoms with Crippen molar-refractivity contribution < 1.29 is 4.79 Å². The maximum atomic E-state index is 12.4. The molecule has 108 valence electrons. The number of nitrogens with one attached hydrogen (secondary N) is 1. The van der Waals surface area contributed by atoms with Crippen LogP contribution in [0.25, 0.3) is 10.9 Å². The Bertz CT molecular complexity index is 618. The van der Waals surface area contributed by atoms with Gasteiger partial charge in [-0.05, 0) is 31.3 Å². The van der Waals surface area contributed by atoms with Crippen LogP contribution >= 0.6 is 24.0 Å². The van der Waals surface area contributed by atoms with Crippen LogP contribution in [0, 0.1) is 0 Å². The minimum atomic E-state index is 0. The molecule has 1 saturated heterocycles. The highest BCUT2D eigenvalue weighted by Gasteiger charge is 2.21. The number of carbonyl (C=O) groups excluding carboxylic acids is 1. The first-order chi connectivity index (χ1) is 9.13. The van der Waals surface area contributed by atoms with E-state index in [0.717, 1.165) is 37.1 Å². The Balaban J connectivity index is 0.00000147. The fourth-order valence-electron chi connectivity index (χ4n) is 2.40. The van der Waals surface area contributed by atoms with Crippen molar-refractivity contribution in [1.82, 2.24) is 14.8 Å². The zero-order chi connectivity index (χ0) is 13.4. The Morgan fingerprint density at radius 3 is 2.60 bits per heavy atom. The van der Waals surface area contributed by atoms with Crippen LogP contribution in [-0.4, -0.2) is 53.9 Å². The SMILES string of the molecule is CN1CCN(C(=O)c2cc3cc(Cl)ccc3[nH]2)CC1.Cl. The van der Waals surface area contributed by atoms with E-state index in [-0.39, 0.29) is 18.3 Å². The van der Waals surface area contributed by atoms with E-state index in [1.807, 2.05) is 29.2 Å². The predicted octanol–water partition coefficient (Wildman–Crippen LogP) is 2.63. The van der Waals surface area contributed by atoms with Gasteiger partial charge in [0.2, 0.25) is 0 Å². The van der Waals surface area contributed by atoms with Crippen molar-refractivity contribution in [1.29, 1.82) is 0 Å². The molecule has 1 aliphatic heterocycles. The van der Waals surface area contributed by atoms with Crippen molar-refractivity contribution in [2.45, 2.75) is 0 Å².